The number of likely N-dealkylation sites (N-methyl/N-ethyl adjacent to an activating group) is 1. The van der Waals surface area contributed by atoms with Crippen LogP contribution in [-0.4, -0.2) is 121 Å². The van der Waals surface area contributed by atoms with E-state index < -0.39 is 56.0 Å². The minimum absolute atomic E-state index is 0.0209. The summed E-state index contributed by atoms with van der Waals surface area (Å²) in [5.41, 5.74) is 8.06. The van der Waals surface area contributed by atoms with Crippen LogP contribution in [0.5, 0.6) is 0 Å². The molecule has 0 spiro atoms. The predicted molar refractivity (Wildman–Crippen MR) is 235 cm³/mol. The van der Waals surface area contributed by atoms with E-state index in [0.29, 0.717) is 35.4 Å². The number of aromatic amines is 1. The second-order valence-electron chi connectivity index (χ2n) is 16.7. The molecule has 0 radical (unpaired) electrons. The predicted octanol–water partition coefficient (Wildman–Crippen LogP) is 7.51. The van der Waals surface area contributed by atoms with Gasteiger partial charge in [0.05, 0.1) is 39.9 Å². The van der Waals surface area contributed by atoms with Gasteiger partial charge in [-0.1, -0.05) is 95.5 Å². The van der Waals surface area contributed by atoms with Gasteiger partial charge < -0.3 is 28.3 Å². The molecule has 18 nitrogen and oxygen atoms in total. The monoisotopic (exact) mass is 905 g/mol. The third-order valence-electron chi connectivity index (χ3n) is 10.1. The number of nitrogens with zero attached hydrogens (tertiary/aromatic N) is 5. The fourth-order valence-corrected chi connectivity index (χ4v) is 8.25. The molecule has 350 valence electrons. The highest BCUT2D eigenvalue weighted by Gasteiger charge is 2.37. The van der Waals surface area contributed by atoms with E-state index in [0.717, 1.165) is 44.3 Å². The van der Waals surface area contributed by atoms with E-state index >= 15 is 0 Å². The molecule has 0 aliphatic carbocycles. The molecule has 2 unspecified atom stereocenters. The molecule has 2 rings (SSSR count). The van der Waals surface area contributed by atoms with Crippen molar-refractivity contribution in [1.82, 2.24) is 9.55 Å². The number of carbonyl (C=O) groups is 2. The maximum Gasteiger partial charge on any atom is 0.472 e. The Bertz CT molecular complexity index is 1620. The Hall–Kier alpha value is -2.73. The SMILES string of the molecule is CCCCCCCCCCCCSCC(COP(=O)(O)OCC[N+](C)(C)C)OCCCCCCCCC(=O)OCC(=O)OC[C@H]1O[C@@H](n2cc(C)c(=O)[nH]c2=O)C[C@@H]1N=[N+]=[N-]. The summed E-state index contributed by atoms with van der Waals surface area (Å²) in [5, 5.41) is 3.69. The number of H-pyrrole nitrogens is 1. The summed E-state index contributed by atoms with van der Waals surface area (Å²) >= 11 is 1.78. The minimum Gasteiger partial charge on any atom is -0.460 e. The zero-order chi connectivity index (χ0) is 44.9. The van der Waals surface area contributed by atoms with Crippen LogP contribution in [-0.2, 0) is 42.1 Å². The standard InChI is InChI=1S/C41H73N6O12PS/c1-6-7-8-9-10-11-12-15-18-21-26-61-32-34(29-58-60(52,53)57-25-23-47(3,4)5)54-24-20-17-14-13-16-19-22-38(48)56-31-39(49)55-30-36-35(44-45-42)27-37(59-36)46-28-33(2)40(50)43-41(46)51/h28,34-37H,6-27,29-32H2,1-5H3,(H-,43,50,51,52,53)/p+1/t34?,35-,36+,37+/m0/s1. The molecule has 5 atom stereocenters. The van der Waals surface area contributed by atoms with Crippen molar-refractivity contribution in [1.29, 1.82) is 0 Å². The van der Waals surface area contributed by atoms with E-state index in [2.05, 4.69) is 21.9 Å². The summed E-state index contributed by atoms with van der Waals surface area (Å²) in [6, 6.07) is -0.737. The topological polar surface area (TPSA) is 230 Å². The molecule has 61 heavy (non-hydrogen) atoms. The Balaban J connectivity index is 1.61. The molecular formula is C41H74N6O12PS+. The molecule has 20 heteroatoms. The lowest BCUT2D eigenvalue weighted by atomic mass is 10.1. The van der Waals surface area contributed by atoms with E-state index in [4.69, 9.17) is 33.5 Å². The van der Waals surface area contributed by atoms with E-state index in [1.807, 2.05) is 21.1 Å². The van der Waals surface area contributed by atoms with Crippen LogP contribution in [0.2, 0.25) is 0 Å². The van der Waals surface area contributed by atoms with E-state index in [1.54, 1.807) is 11.8 Å². The second-order valence-corrected chi connectivity index (χ2v) is 19.3. The Morgan fingerprint density at radius 3 is 2.26 bits per heavy atom. The van der Waals surface area contributed by atoms with Crippen LogP contribution in [0.3, 0.4) is 0 Å². The van der Waals surface area contributed by atoms with Crippen molar-refractivity contribution < 1.29 is 51.5 Å². The van der Waals surface area contributed by atoms with Crippen LogP contribution in [0.4, 0.5) is 0 Å². The minimum atomic E-state index is -4.20. The fraction of sp³-hybridized carbons (Fsp3) is 0.854. The molecule has 1 aliphatic heterocycles. The first kappa shape index (κ1) is 54.4. The molecule has 1 aliphatic rings. The van der Waals surface area contributed by atoms with E-state index in [-0.39, 0.29) is 38.8 Å². The average Bonchev–Trinajstić information content (AvgIpc) is 3.60. The van der Waals surface area contributed by atoms with Crippen molar-refractivity contribution in [2.24, 2.45) is 5.11 Å². The van der Waals surface area contributed by atoms with Crippen LogP contribution < -0.4 is 11.2 Å². The number of rotatable bonds is 36. The number of aryl methyl sites for hydroxylation is 1. The van der Waals surface area contributed by atoms with Crippen molar-refractivity contribution in [3.05, 3.63) is 43.0 Å². The maximum atomic E-state index is 12.5. The molecule has 0 saturated carbocycles. The highest BCUT2D eigenvalue weighted by Crippen LogP contribution is 2.43. The number of quaternary nitrogens is 1. The largest absolute Gasteiger partial charge is 0.472 e. The first-order valence-electron chi connectivity index (χ1n) is 22.1. The first-order valence-corrected chi connectivity index (χ1v) is 24.7. The number of azide groups is 1. The molecule has 0 aromatic carbocycles. The Morgan fingerprint density at radius 1 is 0.967 bits per heavy atom. The van der Waals surface area contributed by atoms with Crippen molar-refractivity contribution in [3.8, 4) is 0 Å². The Labute approximate surface area is 365 Å². The number of nitrogens with one attached hydrogen (secondary N) is 1. The van der Waals surface area contributed by atoms with Gasteiger partial charge in [-0.2, -0.15) is 11.8 Å². The smallest absolute Gasteiger partial charge is 0.460 e. The van der Waals surface area contributed by atoms with Gasteiger partial charge in [-0.15, -0.1) is 0 Å². The van der Waals surface area contributed by atoms with Gasteiger partial charge >= 0.3 is 25.5 Å². The Kier molecular flexibility index (Phi) is 27.8. The average molecular weight is 906 g/mol. The normalized spacial score (nSPS) is 18.0. The molecule has 1 saturated heterocycles. The van der Waals surface area contributed by atoms with Gasteiger partial charge in [0.25, 0.3) is 5.56 Å². The van der Waals surface area contributed by atoms with Crippen molar-refractivity contribution in [3.63, 3.8) is 0 Å². The lowest BCUT2D eigenvalue weighted by molar-refractivity contribution is -0.870. The van der Waals surface area contributed by atoms with Gasteiger partial charge in [0.15, 0.2) is 6.61 Å². The molecule has 1 aromatic rings. The van der Waals surface area contributed by atoms with Crippen molar-refractivity contribution >= 4 is 31.5 Å². The lowest BCUT2D eigenvalue weighted by Gasteiger charge is -2.24. The summed E-state index contributed by atoms with van der Waals surface area (Å²) in [5.74, 6) is 0.358. The van der Waals surface area contributed by atoms with Crippen molar-refractivity contribution in [2.75, 3.05) is 72.2 Å². The quantitative estimate of drug-likeness (QED) is 0.0126. The zero-order valence-corrected chi connectivity index (χ0v) is 39.0. The van der Waals surface area contributed by atoms with Gasteiger partial charge in [0.1, 0.15) is 32.1 Å². The molecule has 2 N–H and O–H groups in total. The number of ether oxygens (including phenoxy) is 4. The number of aromatic nitrogens is 2. The van der Waals surface area contributed by atoms with Gasteiger partial charge in [-0.3, -0.25) is 28.2 Å². The summed E-state index contributed by atoms with van der Waals surface area (Å²) in [6.45, 7) is 4.07. The number of phosphoric acid groups is 1. The second kappa shape index (κ2) is 31.2. The summed E-state index contributed by atoms with van der Waals surface area (Å²) < 4.78 is 47.1. The van der Waals surface area contributed by atoms with E-state index in [9.17, 15) is 28.6 Å². The number of hydrogen-bond donors (Lipinski definition) is 2. The molecular weight excluding hydrogens is 832 g/mol. The Morgan fingerprint density at radius 2 is 1.61 bits per heavy atom. The molecule has 1 fully saturated rings. The van der Waals surface area contributed by atoms with Crippen LogP contribution in [0, 0.1) is 6.92 Å². The molecule has 2 heterocycles. The number of thioether (sulfide) groups is 1. The third-order valence-corrected chi connectivity index (χ3v) is 12.3. The highest BCUT2D eigenvalue weighted by molar-refractivity contribution is 7.99. The number of hydrogen-bond acceptors (Lipinski definition) is 13. The first-order chi connectivity index (χ1) is 29.1. The highest BCUT2D eigenvalue weighted by atomic mass is 32.2. The van der Waals surface area contributed by atoms with Gasteiger partial charge in [-0.25, -0.2) is 14.2 Å². The van der Waals surface area contributed by atoms with Crippen molar-refractivity contribution in [2.45, 2.75) is 154 Å². The number of phosphoric ester groups is 1. The maximum absolute atomic E-state index is 12.5. The van der Waals surface area contributed by atoms with Crippen LogP contribution in [0.1, 0.15) is 134 Å². The lowest BCUT2D eigenvalue weighted by Crippen LogP contribution is -2.37. The number of carbonyl (C=O) groups excluding carboxylic acids is 2. The van der Waals surface area contributed by atoms with Gasteiger partial charge in [-0.05, 0) is 37.5 Å². The van der Waals surface area contributed by atoms with Crippen LogP contribution in [0.15, 0.2) is 20.9 Å². The summed E-state index contributed by atoms with van der Waals surface area (Å²) in [4.78, 5) is 63.8. The number of unbranched alkanes of at least 4 members (excludes halogenated alkanes) is 14. The summed E-state index contributed by atoms with van der Waals surface area (Å²) in [6.07, 6.45) is 17.5. The fourth-order valence-electron chi connectivity index (χ4n) is 6.48. The molecule has 1 aromatic heterocycles. The number of esters is 2. The van der Waals surface area contributed by atoms with Crippen LogP contribution >= 0.6 is 19.6 Å². The third kappa shape index (κ3) is 25.8. The summed E-state index contributed by atoms with van der Waals surface area (Å²) in [7, 11) is 1.74. The van der Waals surface area contributed by atoms with Gasteiger partial charge in [0, 0.05) is 41.9 Å². The molecule has 0 bridgehead atoms. The van der Waals surface area contributed by atoms with Gasteiger partial charge in [0.2, 0.25) is 0 Å². The molecule has 0 amide bonds. The van der Waals surface area contributed by atoms with E-state index in [1.165, 1.54) is 75.5 Å². The zero-order valence-electron chi connectivity index (χ0n) is 37.3. The van der Waals surface area contributed by atoms with Crippen LogP contribution in [0.25, 0.3) is 10.4 Å².